The number of aromatic nitrogens is 2. The highest BCUT2D eigenvalue weighted by molar-refractivity contribution is 5.75. The molecule has 0 saturated heterocycles. The van der Waals surface area contributed by atoms with Gasteiger partial charge in [-0.2, -0.15) is 13.2 Å². The highest BCUT2D eigenvalue weighted by Crippen LogP contribution is 2.30. The van der Waals surface area contributed by atoms with Crippen molar-refractivity contribution in [2.45, 2.75) is 37.0 Å². The minimum Gasteiger partial charge on any atom is -0.394 e. The predicted molar refractivity (Wildman–Crippen MR) is 82.2 cm³/mol. The van der Waals surface area contributed by atoms with E-state index in [9.17, 15) is 38.4 Å². The van der Waals surface area contributed by atoms with Crippen LogP contribution in [0.2, 0.25) is 0 Å². The van der Waals surface area contributed by atoms with E-state index >= 15 is 0 Å². The Balaban J connectivity index is 2.28. The Bertz CT molecular complexity index is 825. The number of aromatic amines is 1. The Labute approximate surface area is 144 Å². The van der Waals surface area contributed by atoms with E-state index in [0.29, 0.717) is 0 Å². The van der Waals surface area contributed by atoms with Gasteiger partial charge in [0.2, 0.25) is 0 Å². The number of H-pyrrole nitrogens is 1. The van der Waals surface area contributed by atoms with Crippen LogP contribution in [0.5, 0.6) is 0 Å². The summed E-state index contributed by atoms with van der Waals surface area (Å²) in [6, 6.07) is 2.55. The average Bonchev–Trinajstić information content (AvgIpc) is 2.58. The monoisotopic (exact) mass is 378 g/mol. The van der Waals surface area contributed by atoms with Crippen molar-refractivity contribution in [3.63, 3.8) is 0 Å². The summed E-state index contributed by atoms with van der Waals surface area (Å²) < 4.78 is 38.1. The summed E-state index contributed by atoms with van der Waals surface area (Å²) in [5.41, 5.74) is -2.24. The summed E-state index contributed by atoms with van der Waals surface area (Å²) >= 11 is 0. The minimum absolute atomic E-state index is 0.0326. The summed E-state index contributed by atoms with van der Waals surface area (Å²) in [5.74, 6) is 0. The van der Waals surface area contributed by atoms with Gasteiger partial charge < -0.3 is 30.5 Å². The van der Waals surface area contributed by atoms with E-state index in [0.717, 1.165) is 18.2 Å². The molecular formula is C15H17F3N2O6. The lowest BCUT2D eigenvalue weighted by molar-refractivity contribution is -0.137. The fourth-order valence-electron chi connectivity index (χ4n) is 2.32. The maximum atomic E-state index is 12.7. The van der Waals surface area contributed by atoms with Crippen LogP contribution in [-0.4, -0.2) is 66.5 Å². The van der Waals surface area contributed by atoms with Crippen LogP contribution in [0.25, 0.3) is 11.0 Å². The summed E-state index contributed by atoms with van der Waals surface area (Å²) in [4.78, 5) is 18.1. The van der Waals surface area contributed by atoms with Gasteiger partial charge in [0.15, 0.2) is 0 Å². The van der Waals surface area contributed by atoms with Crippen molar-refractivity contribution in [3.8, 4) is 0 Å². The molecule has 0 aliphatic carbocycles. The van der Waals surface area contributed by atoms with E-state index in [-0.39, 0.29) is 16.7 Å². The largest absolute Gasteiger partial charge is 0.416 e. The lowest BCUT2D eigenvalue weighted by Crippen LogP contribution is -2.47. The minimum atomic E-state index is -4.59. The average molecular weight is 378 g/mol. The molecule has 2 rings (SSSR count). The number of halogens is 3. The molecule has 4 atom stereocenters. The molecule has 1 aromatic heterocycles. The Hall–Kier alpha value is -2.05. The first-order valence-corrected chi connectivity index (χ1v) is 7.48. The molecule has 0 aliphatic heterocycles. The standard InChI is InChI=1S/C15H17F3N2O6/c16-15(17,18)6-1-2-7-8(3-6)20-14(26)9(19-7)4-10(22)12(24)13(25)11(23)5-21/h1-3,10-13,21-25H,4-5H2,(H,20,26)/t10-,11?,12?,13?/m1/s1. The fraction of sp³-hybridized carbons (Fsp3) is 0.467. The molecule has 1 heterocycles. The lowest BCUT2D eigenvalue weighted by atomic mass is 10.00. The van der Waals surface area contributed by atoms with Crippen LogP contribution < -0.4 is 5.56 Å². The number of fused-ring (bicyclic) bond motifs is 1. The SMILES string of the molecule is O=c1[nH]c2cc(C(F)(F)F)ccc2nc1C[C@@H](O)C(O)C(O)C(O)CO. The predicted octanol–water partition coefficient (Wildman–Crippen LogP) is -1.08. The zero-order chi connectivity index (χ0) is 19.6. The number of hydrogen-bond donors (Lipinski definition) is 6. The Morgan fingerprint density at radius 2 is 1.69 bits per heavy atom. The van der Waals surface area contributed by atoms with Gasteiger partial charge >= 0.3 is 6.18 Å². The third-order valence-electron chi connectivity index (χ3n) is 3.82. The Morgan fingerprint density at radius 3 is 2.27 bits per heavy atom. The van der Waals surface area contributed by atoms with E-state index in [1.54, 1.807) is 0 Å². The van der Waals surface area contributed by atoms with E-state index in [1.165, 1.54) is 0 Å². The van der Waals surface area contributed by atoms with Gasteiger partial charge in [0, 0.05) is 6.42 Å². The summed E-state index contributed by atoms with van der Waals surface area (Å²) in [6.07, 6.45) is -12.3. The molecule has 6 N–H and O–H groups in total. The maximum absolute atomic E-state index is 12.7. The Morgan fingerprint density at radius 1 is 1.08 bits per heavy atom. The van der Waals surface area contributed by atoms with Crippen molar-refractivity contribution >= 4 is 11.0 Å². The summed E-state index contributed by atoms with van der Waals surface area (Å²) in [7, 11) is 0. The fourth-order valence-corrected chi connectivity index (χ4v) is 2.32. The molecule has 26 heavy (non-hydrogen) atoms. The second-order valence-corrected chi connectivity index (χ2v) is 5.74. The highest BCUT2D eigenvalue weighted by atomic mass is 19.4. The molecule has 0 bridgehead atoms. The van der Waals surface area contributed by atoms with Gasteiger partial charge in [-0.3, -0.25) is 4.79 Å². The molecule has 0 radical (unpaired) electrons. The summed E-state index contributed by atoms with van der Waals surface area (Å²) in [5, 5.41) is 47.2. The molecular weight excluding hydrogens is 361 g/mol. The topological polar surface area (TPSA) is 147 Å². The smallest absolute Gasteiger partial charge is 0.394 e. The van der Waals surface area contributed by atoms with E-state index in [1.807, 2.05) is 0 Å². The first kappa shape index (κ1) is 20.3. The van der Waals surface area contributed by atoms with E-state index < -0.39 is 54.7 Å². The van der Waals surface area contributed by atoms with Crippen LogP contribution in [0.1, 0.15) is 11.3 Å². The first-order valence-electron chi connectivity index (χ1n) is 7.48. The van der Waals surface area contributed by atoms with Crippen LogP contribution >= 0.6 is 0 Å². The second-order valence-electron chi connectivity index (χ2n) is 5.74. The molecule has 8 nitrogen and oxygen atoms in total. The molecule has 0 saturated carbocycles. The molecule has 11 heteroatoms. The molecule has 1 aromatic carbocycles. The van der Waals surface area contributed by atoms with Crippen LogP contribution in [0, 0.1) is 0 Å². The number of rotatable bonds is 6. The summed E-state index contributed by atoms with van der Waals surface area (Å²) in [6.45, 7) is -0.860. The van der Waals surface area contributed by atoms with Gasteiger partial charge in [-0.25, -0.2) is 4.98 Å². The van der Waals surface area contributed by atoms with Gasteiger partial charge in [-0.1, -0.05) is 0 Å². The van der Waals surface area contributed by atoms with Crippen molar-refractivity contribution in [1.82, 2.24) is 9.97 Å². The molecule has 3 unspecified atom stereocenters. The van der Waals surface area contributed by atoms with E-state index in [2.05, 4.69) is 9.97 Å². The van der Waals surface area contributed by atoms with E-state index in [4.69, 9.17) is 5.11 Å². The number of alkyl halides is 3. The zero-order valence-electron chi connectivity index (χ0n) is 13.2. The Kier molecular flexibility index (Phi) is 5.98. The number of nitrogens with zero attached hydrogens (tertiary/aromatic N) is 1. The molecule has 0 amide bonds. The number of nitrogens with one attached hydrogen (secondary N) is 1. The van der Waals surface area contributed by atoms with Gasteiger partial charge in [-0.15, -0.1) is 0 Å². The van der Waals surface area contributed by atoms with Gasteiger partial charge in [0.1, 0.15) is 24.0 Å². The van der Waals surface area contributed by atoms with Crippen LogP contribution in [0.3, 0.4) is 0 Å². The van der Waals surface area contributed by atoms with Crippen molar-refractivity contribution in [2.75, 3.05) is 6.61 Å². The van der Waals surface area contributed by atoms with Gasteiger partial charge in [0.25, 0.3) is 5.56 Å². The third-order valence-corrected chi connectivity index (χ3v) is 3.82. The normalized spacial score (nSPS) is 17.1. The second kappa shape index (κ2) is 7.68. The van der Waals surface area contributed by atoms with Gasteiger partial charge in [0.05, 0.1) is 29.3 Å². The maximum Gasteiger partial charge on any atom is 0.416 e. The lowest BCUT2D eigenvalue weighted by Gasteiger charge is -2.25. The van der Waals surface area contributed by atoms with Crippen LogP contribution in [-0.2, 0) is 12.6 Å². The molecule has 144 valence electrons. The first-order chi connectivity index (χ1) is 12.0. The van der Waals surface area contributed by atoms with Crippen LogP contribution in [0.15, 0.2) is 23.0 Å². The number of hydrogen-bond acceptors (Lipinski definition) is 7. The van der Waals surface area contributed by atoms with Gasteiger partial charge in [-0.05, 0) is 18.2 Å². The van der Waals surface area contributed by atoms with Crippen molar-refractivity contribution < 1.29 is 38.7 Å². The molecule has 0 aliphatic rings. The molecule has 0 fully saturated rings. The number of aliphatic hydroxyl groups excluding tert-OH is 5. The molecule has 0 spiro atoms. The zero-order valence-corrected chi connectivity index (χ0v) is 13.2. The third kappa shape index (κ3) is 4.37. The quantitative estimate of drug-likeness (QED) is 0.375. The van der Waals surface area contributed by atoms with Crippen molar-refractivity contribution in [1.29, 1.82) is 0 Å². The molecule has 2 aromatic rings. The van der Waals surface area contributed by atoms with Crippen LogP contribution in [0.4, 0.5) is 13.2 Å². The number of aliphatic hydroxyl groups is 5. The highest BCUT2D eigenvalue weighted by Gasteiger charge is 2.32. The number of benzene rings is 1. The van der Waals surface area contributed by atoms with Crippen molar-refractivity contribution in [2.24, 2.45) is 0 Å². The van der Waals surface area contributed by atoms with Crippen molar-refractivity contribution in [3.05, 3.63) is 39.8 Å².